The lowest BCUT2D eigenvalue weighted by Crippen LogP contribution is -2.38. The summed E-state index contributed by atoms with van der Waals surface area (Å²) in [6.07, 6.45) is 0.998. The van der Waals surface area contributed by atoms with Gasteiger partial charge in [-0.1, -0.05) is 29.8 Å². The van der Waals surface area contributed by atoms with E-state index in [1.807, 2.05) is 42.3 Å². The van der Waals surface area contributed by atoms with Crippen LogP contribution >= 0.6 is 11.6 Å². The molecule has 0 spiro atoms. The van der Waals surface area contributed by atoms with Crippen molar-refractivity contribution < 1.29 is 9.59 Å². The fourth-order valence-electron chi connectivity index (χ4n) is 3.30. The third kappa shape index (κ3) is 3.74. The third-order valence-electron chi connectivity index (χ3n) is 4.93. The Kier molecular flexibility index (Phi) is 5.30. The number of nitrogens with zero attached hydrogens (tertiary/aromatic N) is 2. The van der Waals surface area contributed by atoms with E-state index in [1.165, 1.54) is 0 Å². The van der Waals surface area contributed by atoms with Crippen LogP contribution < -0.4 is 5.73 Å². The molecule has 2 aromatic rings. The van der Waals surface area contributed by atoms with E-state index in [4.69, 9.17) is 17.3 Å². The normalized spacial score (nSPS) is 17.3. The molecule has 1 heterocycles. The zero-order valence-electron chi connectivity index (χ0n) is 14.9. The minimum absolute atomic E-state index is 0.0192. The van der Waals surface area contributed by atoms with Crippen molar-refractivity contribution in [1.29, 1.82) is 0 Å². The van der Waals surface area contributed by atoms with Crippen LogP contribution in [0.1, 0.15) is 27.1 Å². The summed E-state index contributed by atoms with van der Waals surface area (Å²) in [6.45, 7) is 1.92. The van der Waals surface area contributed by atoms with Crippen molar-refractivity contribution in [3.05, 3.63) is 58.6 Å². The Bertz CT molecular complexity index is 835. The number of primary amides is 1. The van der Waals surface area contributed by atoms with Gasteiger partial charge in [0, 0.05) is 25.2 Å². The Balaban J connectivity index is 1.79. The Morgan fingerprint density at radius 2 is 1.81 bits per heavy atom. The fourth-order valence-corrected chi connectivity index (χ4v) is 3.51. The number of halogens is 1. The van der Waals surface area contributed by atoms with Crippen molar-refractivity contribution in [2.75, 3.05) is 27.2 Å². The maximum absolute atomic E-state index is 12.7. The van der Waals surface area contributed by atoms with Crippen LogP contribution in [0.3, 0.4) is 0 Å². The van der Waals surface area contributed by atoms with Gasteiger partial charge >= 0.3 is 0 Å². The molecule has 26 heavy (non-hydrogen) atoms. The van der Waals surface area contributed by atoms with E-state index in [2.05, 4.69) is 11.9 Å². The molecule has 1 saturated heterocycles. The average molecular weight is 372 g/mol. The third-order valence-corrected chi connectivity index (χ3v) is 5.26. The molecule has 2 aromatic carbocycles. The van der Waals surface area contributed by atoms with Crippen molar-refractivity contribution in [3.8, 4) is 11.1 Å². The zero-order chi connectivity index (χ0) is 18.8. The van der Waals surface area contributed by atoms with Gasteiger partial charge in [0.15, 0.2) is 0 Å². The molecule has 136 valence electrons. The van der Waals surface area contributed by atoms with Gasteiger partial charge in [0.2, 0.25) is 5.91 Å². The number of likely N-dealkylation sites (tertiary alicyclic amines) is 1. The minimum Gasteiger partial charge on any atom is -0.366 e. The molecule has 0 bridgehead atoms. The van der Waals surface area contributed by atoms with Crippen molar-refractivity contribution in [3.63, 3.8) is 0 Å². The SMILES string of the molecule is CN1CC[C@H](N(C)C(=O)c2ccc(-c3ccc(Cl)c(C(N)=O)c3)cc2)C1. The van der Waals surface area contributed by atoms with Gasteiger partial charge < -0.3 is 15.5 Å². The van der Waals surface area contributed by atoms with Gasteiger partial charge in [-0.3, -0.25) is 9.59 Å². The summed E-state index contributed by atoms with van der Waals surface area (Å²) in [6, 6.07) is 12.8. The Labute approximate surface area is 158 Å². The monoisotopic (exact) mass is 371 g/mol. The van der Waals surface area contributed by atoms with Crippen LogP contribution in [0.5, 0.6) is 0 Å². The van der Waals surface area contributed by atoms with Gasteiger partial charge in [0.1, 0.15) is 0 Å². The highest BCUT2D eigenvalue weighted by molar-refractivity contribution is 6.33. The summed E-state index contributed by atoms with van der Waals surface area (Å²) < 4.78 is 0. The highest BCUT2D eigenvalue weighted by atomic mass is 35.5. The van der Waals surface area contributed by atoms with Gasteiger partial charge in [-0.2, -0.15) is 0 Å². The number of rotatable bonds is 4. The molecular weight excluding hydrogens is 350 g/mol. The topological polar surface area (TPSA) is 66.6 Å². The lowest BCUT2D eigenvalue weighted by atomic mass is 10.0. The first-order valence-corrected chi connectivity index (χ1v) is 8.90. The highest BCUT2D eigenvalue weighted by Gasteiger charge is 2.26. The van der Waals surface area contributed by atoms with Crippen LogP contribution in [0.15, 0.2) is 42.5 Å². The van der Waals surface area contributed by atoms with Crippen LogP contribution in [0.25, 0.3) is 11.1 Å². The molecule has 2 N–H and O–H groups in total. The van der Waals surface area contributed by atoms with E-state index in [-0.39, 0.29) is 17.5 Å². The number of carbonyl (C=O) groups is 2. The molecule has 1 atom stereocenters. The largest absolute Gasteiger partial charge is 0.366 e. The summed E-state index contributed by atoms with van der Waals surface area (Å²) >= 11 is 6.00. The molecule has 5 nitrogen and oxygen atoms in total. The molecule has 3 rings (SSSR count). The number of likely N-dealkylation sites (N-methyl/N-ethyl adjacent to an activating group) is 2. The summed E-state index contributed by atoms with van der Waals surface area (Å²) in [7, 11) is 3.93. The molecule has 0 unspecified atom stereocenters. The van der Waals surface area contributed by atoms with E-state index < -0.39 is 5.91 Å². The van der Waals surface area contributed by atoms with Gasteiger partial charge in [-0.15, -0.1) is 0 Å². The number of carbonyl (C=O) groups excluding carboxylic acids is 2. The van der Waals surface area contributed by atoms with Crippen molar-refractivity contribution in [2.45, 2.75) is 12.5 Å². The summed E-state index contributed by atoms with van der Waals surface area (Å²) in [5, 5.41) is 0.330. The van der Waals surface area contributed by atoms with Gasteiger partial charge in [0.05, 0.1) is 10.6 Å². The van der Waals surface area contributed by atoms with E-state index in [0.29, 0.717) is 10.6 Å². The molecule has 0 aliphatic carbocycles. The maximum atomic E-state index is 12.7. The number of hydrogen-bond acceptors (Lipinski definition) is 3. The lowest BCUT2D eigenvalue weighted by Gasteiger charge is -2.24. The zero-order valence-corrected chi connectivity index (χ0v) is 15.7. The number of nitrogens with two attached hydrogens (primary N) is 1. The first kappa shape index (κ1) is 18.4. The predicted molar refractivity (Wildman–Crippen MR) is 103 cm³/mol. The van der Waals surface area contributed by atoms with Gasteiger partial charge in [-0.05, 0) is 55.4 Å². The Hall–Kier alpha value is -2.37. The molecule has 1 aliphatic rings. The van der Waals surface area contributed by atoms with Gasteiger partial charge in [-0.25, -0.2) is 0 Å². The van der Waals surface area contributed by atoms with E-state index in [9.17, 15) is 9.59 Å². The highest BCUT2D eigenvalue weighted by Crippen LogP contribution is 2.26. The second-order valence-electron chi connectivity index (χ2n) is 6.76. The molecule has 0 aromatic heterocycles. The molecule has 0 radical (unpaired) electrons. The first-order chi connectivity index (χ1) is 12.4. The van der Waals surface area contributed by atoms with Crippen molar-refractivity contribution in [2.24, 2.45) is 5.73 Å². The maximum Gasteiger partial charge on any atom is 0.253 e. The second-order valence-corrected chi connectivity index (χ2v) is 7.16. The molecule has 2 amide bonds. The summed E-state index contributed by atoms with van der Waals surface area (Å²) in [5.74, 6) is -0.544. The van der Waals surface area contributed by atoms with Crippen LogP contribution in [0.2, 0.25) is 5.02 Å². The Morgan fingerprint density at radius 3 is 2.38 bits per heavy atom. The Morgan fingerprint density at radius 1 is 1.15 bits per heavy atom. The molecular formula is C20H22ClN3O2. The smallest absolute Gasteiger partial charge is 0.253 e. The van der Waals surface area contributed by atoms with E-state index >= 15 is 0 Å². The molecule has 1 fully saturated rings. The van der Waals surface area contributed by atoms with Crippen LogP contribution in [-0.2, 0) is 0 Å². The molecule has 1 aliphatic heterocycles. The van der Waals surface area contributed by atoms with E-state index in [0.717, 1.165) is 30.6 Å². The first-order valence-electron chi connectivity index (χ1n) is 8.52. The van der Waals surface area contributed by atoms with Crippen LogP contribution in [0.4, 0.5) is 0 Å². The molecule has 6 heteroatoms. The summed E-state index contributed by atoms with van der Waals surface area (Å²) in [5.41, 5.74) is 8.01. The quantitative estimate of drug-likeness (QED) is 0.898. The number of amides is 2. The average Bonchev–Trinajstić information content (AvgIpc) is 3.07. The molecule has 0 saturated carbocycles. The number of hydrogen-bond donors (Lipinski definition) is 1. The second kappa shape index (κ2) is 7.48. The fraction of sp³-hybridized carbons (Fsp3) is 0.300. The van der Waals surface area contributed by atoms with E-state index in [1.54, 1.807) is 12.1 Å². The lowest BCUT2D eigenvalue weighted by molar-refractivity contribution is 0.0737. The number of benzene rings is 2. The van der Waals surface area contributed by atoms with Crippen LogP contribution in [-0.4, -0.2) is 54.8 Å². The van der Waals surface area contributed by atoms with Gasteiger partial charge in [0.25, 0.3) is 5.91 Å². The standard InChI is InChI=1S/C20H22ClN3O2/c1-23-10-9-16(12-23)24(2)20(26)14-5-3-13(4-6-14)15-7-8-18(21)17(11-15)19(22)25/h3-8,11,16H,9-10,12H2,1-2H3,(H2,22,25)/t16-/m0/s1. The van der Waals surface area contributed by atoms with Crippen molar-refractivity contribution in [1.82, 2.24) is 9.80 Å². The summed E-state index contributed by atoms with van der Waals surface area (Å²) in [4.78, 5) is 28.2. The predicted octanol–water partition coefficient (Wildman–Crippen LogP) is 2.88. The minimum atomic E-state index is -0.563. The van der Waals surface area contributed by atoms with Crippen molar-refractivity contribution >= 4 is 23.4 Å². The van der Waals surface area contributed by atoms with Crippen LogP contribution in [0, 0.1) is 0 Å².